The van der Waals surface area contributed by atoms with Gasteiger partial charge in [0.05, 0.1) is 6.33 Å². The van der Waals surface area contributed by atoms with Crippen molar-refractivity contribution in [2.24, 2.45) is 0 Å². The molecule has 6 nitrogen and oxygen atoms in total. The van der Waals surface area contributed by atoms with E-state index in [2.05, 4.69) is 15.0 Å². The predicted molar refractivity (Wildman–Crippen MR) is 94.4 cm³/mol. The first kappa shape index (κ1) is 16.2. The number of hydrogen-bond acceptors (Lipinski definition) is 5. The Bertz CT molecular complexity index is 891. The Kier molecular flexibility index (Phi) is 5.01. The lowest BCUT2D eigenvalue weighted by molar-refractivity contribution is 0.450. The summed E-state index contributed by atoms with van der Waals surface area (Å²) in [5, 5.41) is 17.3. The summed E-state index contributed by atoms with van der Waals surface area (Å²) in [7, 11) is 0. The first-order chi connectivity index (χ1) is 12.2. The van der Waals surface area contributed by atoms with Crippen LogP contribution in [0.1, 0.15) is 0 Å². The number of aromatic nitrogens is 4. The minimum absolute atomic E-state index is 0.0880. The third-order valence-electron chi connectivity index (χ3n) is 3.39. The molecule has 0 amide bonds. The van der Waals surface area contributed by atoms with Gasteiger partial charge in [-0.2, -0.15) is 0 Å². The minimum Gasteiger partial charge on any atom is -0.508 e. The highest BCUT2D eigenvalue weighted by molar-refractivity contribution is 5.62. The summed E-state index contributed by atoms with van der Waals surface area (Å²) < 4.78 is 1.96. The number of phenols is 2. The van der Waals surface area contributed by atoms with Crippen LogP contribution in [0.15, 0.2) is 86.0 Å². The van der Waals surface area contributed by atoms with Crippen molar-refractivity contribution >= 4 is 0 Å². The van der Waals surface area contributed by atoms with Crippen molar-refractivity contribution in [2.75, 3.05) is 0 Å². The maximum Gasteiger partial charge on any atom is 0.119 e. The Morgan fingerprint density at radius 1 is 0.760 bits per heavy atom. The number of rotatable bonds is 2. The van der Waals surface area contributed by atoms with E-state index in [4.69, 9.17) is 10.2 Å². The van der Waals surface area contributed by atoms with Crippen LogP contribution in [0.3, 0.4) is 0 Å². The average Bonchev–Trinajstić information content (AvgIpc) is 3.18. The molecule has 0 spiro atoms. The van der Waals surface area contributed by atoms with Gasteiger partial charge in [-0.25, -0.2) is 15.0 Å². The fourth-order valence-corrected chi connectivity index (χ4v) is 2.18. The molecule has 2 aromatic heterocycles. The first-order valence-electron chi connectivity index (χ1n) is 7.54. The quantitative estimate of drug-likeness (QED) is 0.587. The summed E-state index contributed by atoms with van der Waals surface area (Å²) in [6.45, 7) is 0. The van der Waals surface area contributed by atoms with E-state index in [1.807, 2.05) is 35.0 Å². The van der Waals surface area contributed by atoms with Gasteiger partial charge in [0.2, 0.25) is 0 Å². The summed E-state index contributed by atoms with van der Waals surface area (Å²) in [6.07, 6.45) is 10.6. The zero-order chi connectivity index (χ0) is 17.5. The molecule has 0 unspecified atom stereocenters. The second kappa shape index (κ2) is 7.74. The zero-order valence-corrected chi connectivity index (χ0v) is 13.3. The summed E-state index contributed by atoms with van der Waals surface area (Å²) in [6, 6.07) is 14.0. The molecule has 25 heavy (non-hydrogen) atoms. The van der Waals surface area contributed by atoms with Crippen LogP contribution in [0.25, 0.3) is 16.8 Å². The monoisotopic (exact) mass is 332 g/mol. The average molecular weight is 332 g/mol. The van der Waals surface area contributed by atoms with Crippen molar-refractivity contribution in [3.05, 3.63) is 86.0 Å². The van der Waals surface area contributed by atoms with Gasteiger partial charge < -0.3 is 14.8 Å². The molecular formula is C19H16N4O2. The van der Waals surface area contributed by atoms with Gasteiger partial charge in [-0.15, -0.1) is 0 Å². The number of hydrogen-bond donors (Lipinski definition) is 2. The van der Waals surface area contributed by atoms with E-state index < -0.39 is 0 Å². The second-order valence-corrected chi connectivity index (χ2v) is 5.16. The molecule has 4 rings (SSSR count). The van der Waals surface area contributed by atoms with Gasteiger partial charge in [0.25, 0.3) is 0 Å². The molecule has 0 saturated heterocycles. The SMILES string of the molecule is Oc1cccc(O)c1.c1cn(-c2ccc(-c3cncnc3)cc2)cn1. The Morgan fingerprint density at radius 2 is 1.44 bits per heavy atom. The zero-order valence-electron chi connectivity index (χ0n) is 13.3. The van der Waals surface area contributed by atoms with Gasteiger partial charge in [-0.3, -0.25) is 0 Å². The normalized spacial score (nSPS) is 9.92. The Balaban J connectivity index is 0.000000192. The Labute approximate surface area is 144 Å². The molecule has 2 N–H and O–H groups in total. The molecule has 4 aromatic rings. The summed E-state index contributed by atoms with van der Waals surface area (Å²) in [5.74, 6) is 0.176. The number of imidazole rings is 1. The van der Waals surface area contributed by atoms with E-state index in [-0.39, 0.29) is 11.5 Å². The van der Waals surface area contributed by atoms with Gasteiger partial charge in [-0.1, -0.05) is 18.2 Å². The van der Waals surface area contributed by atoms with Crippen LogP contribution >= 0.6 is 0 Å². The highest BCUT2D eigenvalue weighted by Gasteiger charge is 1.99. The second-order valence-electron chi connectivity index (χ2n) is 5.16. The van der Waals surface area contributed by atoms with E-state index >= 15 is 0 Å². The van der Waals surface area contributed by atoms with Crippen molar-refractivity contribution in [3.63, 3.8) is 0 Å². The molecule has 6 heteroatoms. The molecule has 0 radical (unpaired) electrons. The van der Waals surface area contributed by atoms with Gasteiger partial charge >= 0.3 is 0 Å². The van der Waals surface area contributed by atoms with Gasteiger partial charge in [0, 0.05) is 42.1 Å². The van der Waals surface area contributed by atoms with E-state index in [9.17, 15) is 0 Å². The van der Waals surface area contributed by atoms with Crippen LogP contribution in [-0.2, 0) is 0 Å². The van der Waals surface area contributed by atoms with Crippen LogP contribution in [0, 0.1) is 0 Å². The molecule has 0 aliphatic rings. The maximum atomic E-state index is 8.65. The molecule has 0 bridgehead atoms. The van der Waals surface area contributed by atoms with Crippen molar-refractivity contribution in [1.29, 1.82) is 0 Å². The fourth-order valence-electron chi connectivity index (χ4n) is 2.18. The molecular weight excluding hydrogens is 316 g/mol. The van der Waals surface area contributed by atoms with Crippen molar-refractivity contribution < 1.29 is 10.2 Å². The van der Waals surface area contributed by atoms with Gasteiger partial charge in [0.1, 0.15) is 17.8 Å². The predicted octanol–water partition coefficient (Wildman–Crippen LogP) is 3.43. The summed E-state index contributed by atoms with van der Waals surface area (Å²) in [4.78, 5) is 12.0. The lowest BCUT2D eigenvalue weighted by atomic mass is 10.1. The maximum absolute atomic E-state index is 8.65. The number of nitrogens with zero attached hydrogens (tertiary/aromatic N) is 4. The Hall–Kier alpha value is -3.67. The molecule has 0 saturated carbocycles. The first-order valence-corrected chi connectivity index (χ1v) is 7.54. The van der Waals surface area contributed by atoms with Crippen LogP contribution < -0.4 is 0 Å². The minimum atomic E-state index is 0.0880. The largest absolute Gasteiger partial charge is 0.508 e. The smallest absolute Gasteiger partial charge is 0.119 e. The van der Waals surface area contributed by atoms with E-state index in [0.717, 1.165) is 16.8 Å². The number of phenolic OH excluding ortho intramolecular Hbond substituents is 2. The lowest BCUT2D eigenvalue weighted by Crippen LogP contribution is -1.89. The molecule has 2 heterocycles. The Morgan fingerprint density at radius 3 is 1.96 bits per heavy atom. The molecule has 0 aliphatic heterocycles. The fraction of sp³-hybridized carbons (Fsp3) is 0. The van der Waals surface area contributed by atoms with Crippen LogP contribution in [-0.4, -0.2) is 29.7 Å². The van der Waals surface area contributed by atoms with E-state index in [1.54, 1.807) is 31.0 Å². The summed E-state index contributed by atoms with van der Waals surface area (Å²) >= 11 is 0. The topological polar surface area (TPSA) is 84.1 Å². The third-order valence-corrected chi connectivity index (χ3v) is 3.39. The number of benzene rings is 2. The van der Waals surface area contributed by atoms with Crippen LogP contribution in [0.2, 0.25) is 0 Å². The van der Waals surface area contributed by atoms with Crippen molar-refractivity contribution in [2.45, 2.75) is 0 Å². The third kappa shape index (κ3) is 4.42. The highest BCUT2D eigenvalue weighted by Crippen LogP contribution is 2.19. The molecule has 124 valence electrons. The van der Waals surface area contributed by atoms with Crippen LogP contribution in [0.5, 0.6) is 11.5 Å². The molecule has 0 aliphatic carbocycles. The summed E-state index contributed by atoms with van der Waals surface area (Å²) in [5.41, 5.74) is 3.21. The standard InChI is InChI=1S/C13H10N4.C6H6O2/c1-3-13(17-6-5-14-10-17)4-2-11(1)12-7-15-9-16-8-12;7-5-2-1-3-6(8)4-5/h1-10H;1-4,7-8H. The van der Waals surface area contributed by atoms with Crippen molar-refractivity contribution in [3.8, 4) is 28.3 Å². The van der Waals surface area contributed by atoms with E-state index in [0.29, 0.717) is 0 Å². The number of aromatic hydroxyl groups is 2. The molecule has 0 fully saturated rings. The molecule has 0 atom stereocenters. The van der Waals surface area contributed by atoms with Gasteiger partial charge in [0.15, 0.2) is 0 Å². The van der Waals surface area contributed by atoms with Gasteiger partial charge in [-0.05, 0) is 29.8 Å². The molecule has 2 aromatic carbocycles. The van der Waals surface area contributed by atoms with E-state index in [1.165, 1.54) is 24.5 Å². The highest BCUT2D eigenvalue weighted by atomic mass is 16.3. The van der Waals surface area contributed by atoms with Crippen molar-refractivity contribution in [1.82, 2.24) is 19.5 Å². The van der Waals surface area contributed by atoms with Crippen LogP contribution in [0.4, 0.5) is 0 Å². The lowest BCUT2D eigenvalue weighted by Gasteiger charge is -2.04.